The van der Waals surface area contributed by atoms with Gasteiger partial charge in [-0.1, -0.05) is 29.5 Å². The van der Waals surface area contributed by atoms with E-state index < -0.39 is 0 Å². The molecule has 0 aliphatic carbocycles. The zero-order chi connectivity index (χ0) is 12.7. The minimum Gasteiger partial charge on any atom is -0.356 e. The van der Waals surface area contributed by atoms with E-state index in [0.717, 1.165) is 18.6 Å². The van der Waals surface area contributed by atoms with E-state index in [1.807, 2.05) is 10.7 Å². The molecule has 4 heteroatoms. The van der Waals surface area contributed by atoms with Gasteiger partial charge < -0.3 is 4.90 Å². The van der Waals surface area contributed by atoms with Crippen molar-refractivity contribution in [3.8, 4) is 0 Å². The lowest BCUT2D eigenvalue weighted by atomic mass is 10.1. The van der Waals surface area contributed by atoms with Gasteiger partial charge in [-0.05, 0) is 30.7 Å². The Balaban J connectivity index is 1.99. The first-order valence-electron chi connectivity index (χ1n) is 6.90. The summed E-state index contributed by atoms with van der Waals surface area (Å²) in [5, 5.41) is 10.8. The molecule has 1 aliphatic rings. The second-order valence-corrected chi connectivity index (χ2v) is 5.17. The van der Waals surface area contributed by atoms with Crippen LogP contribution in [0.1, 0.15) is 19.3 Å². The Morgan fingerprint density at radius 2 is 1.84 bits per heavy atom. The van der Waals surface area contributed by atoms with Crippen LogP contribution in [0, 0.1) is 0 Å². The van der Waals surface area contributed by atoms with Gasteiger partial charge >= 0.3 is 0 Å². The molecule has 0 unspecified atom stereocenters. The van der Waals surface area contributed by atoms with Crippen LogP contribution in [0.3, 0.4) is 0 Å². The largest absolute Gasteiger partial charge is 0.356 e. The van der Waals surface area contributed by atoms with Crippen molar-refractivity contribution in [3.63, 3.8) is 0 Å². The summed E-state index contributed by atoms with van der Waals surface area (Å²) < 4.78 is 1.98. The smallest absolute Gasteiger partial charge is 0.133 e. The predicted molar refractivity (Wildman–Crippen MR) is 76.6 cm³/mol. The monoisotopic (exact) mass is 252 g/mol. The SMILES string of the molecule is c1ccc2c(c1)cc(N1CCCCC1)n1nncc21. The van der Waals surface area contributed by atoms with Crippen molar-refractivity contribution in [1.29, 1.82) is 0 Å². The zero-order valence-corrected chi connectivity index (χ0v) is 10.8. The molecule has 1 aliphatic heterocycles. The fourth-order valence-electron chi connectivity index (χ4n) is 2.99. The summed E-state index contributed by atoms with van der Waals surface area (Å²) in [6.45, 7) is 2.24. The normalized spacial score (nSPS) is 16.3. The van der Waals surface area contributed by atoms with E-state index >= 15 is 0 Å². The molecule has 3 heterocycles. The first-order chi connectivity index (χ1) is 9.43. The van der Waals surface area contributed by atoms with Gasteiger partial charge in [0.25, 0.3) is 0 Å². The molecule has 0 bridgehead atoms. The number of fused-ring (bicyclic) bond motifs is 3. The molecule has 0 spiro atoms. The number of aromatic nitrogens is 3. The number of benzene rings is 1. The Hall–Kier alpha value is -2.10. The average Bonchev–Trinajstić information content (AvgIpc) is 2.97. The molecule has 0 N–H and O–H groups in total. The molecule has 19 heavy (non-hydrogen) atoms. The van der Waals surface area contributed by atoms with Gasteiger partial charge in [-0.3, -0.25) is 0 Å². The van der Waals surface area contributed by atoms with Crippen LogP contribution < -0.4 is 4.90 Å². The average molecular weight is 252 g/mol. The lowest BCUT2D eigenvalue weighted by Crippen LogP contribution is -2.31. The number of anilines is 1. The van der Waals surface area contributed by atoms with Crippen LogP contribution in [-0.4, -0.2) is 27.9 Å². The molecule has 1 fully saturated rings. The highest BCUT2D eigenvalue weighted by atomic mass is 15.4. The van der Waals surface area contributed by atoms with E-state index in [1.54, 1.807) is 0 Å². The third kappa shape index (κ3) is 1.67. The van der Waals surface area contributed by atoms with E-state index in [1.165, 1.54) is 35.9 Å². The highest BCUT2D eigenvalue weighted by molar-refractivity contribution is 5.97. The molecule has 3 aromatic rings. The summed E-state index contributed by atoms with van der Waals surface area (Å²) in [7, 11) is 0. The van der Waals surface area contributed by atoms with Crippen molar-refractivity contribution in [2.24, 2.45) is 0 Å². The zero-order valence-electron chi connectivity index (χ0n) is 10.8. The molecule has 0 atom stereocenters. The van der Waals surface area contributed by atoms with Crippen molar-refractivity contribution < 1.29 is 0 Å². The van der Waals surface area contributed by atoms with E-state index in [9.17, 15) is 0 Å². The topological polar surface area (TPSA) is 33.4 Å². The van der Waals surface area contributed by atoms with Gasteiger partial charge in [0.2, 0.25) is 0 Å². The number of hydrogen-bond acceptors (Lipinski definition) is 3. The fraction of sp³-hybridized carbons (Fsp3) is 0.333. The maximum atomic E-state index is 4.27. The number of nitrogens with zero attached hydrogens (tertiary/aromatic N) is 4. The van der Waals surface area contributed by atoms with E-state index in [-0.39, 0.29) is 0 Å². The number of rotatable bonds is 1. The first-order valence-corrected chi connectivity index (χ1v) is 6.90. The first kappa shape index (κ1) is 10.8. The molecule has 96 valence electrons. The van der Waals surface area contributed by atoms with Gasteiger partial charge in [-0.25, -0.2) is 0 Å². The molecular formula is C15H16N4. The summed E-state index contributed by atoms with van der Waals surface area (Å²) in [6, 6.07) is 10.7. The van der Waals surface area contributed by atoms with Crippen LogP contribution in [0.2, 0.25) is 0 Å². The highest BCUT2D eigenvalue weighted by Crippen LogP contribution is 2.27. The maximum Gasteiger partial charge on any atom is 0.133 e. The van der Waals surface area contributed by atoms with Crippen molar-refractivity contribution in [3.05, 3.63) is 36.5 Å². The summed E-state index contributed by atoms with van der Waals surface area (Å²) in [5.41, 5.74) is 1.10. The van der Waals surface area contributed by atoms with Crippen molar-refractivity contribution in [2.45, 2.75) is 19.3 Å². The Labute approximate surface area is 111 Å². The maximum absolute atomic E-state index is 4.27. The molecule has 1 aromatic carbocycles. The lowest BCUT2D eigenvalue weighted by molar-refractivity contribution is 0.568. The third-order valence-corrected chi connectivity index (χ3v) is 3.97. The lowest BCUT2D eigenvalue weighted by Gasteiger charge is -2.29. The predicted octanol–water partition coefficient (Wildman–Crippen LogP) is 2.87. The Morgan fingerprint density at radius 1 is 1.00 bits per heavy atom. The molecule has 4 rings (SSSR count). The van der Waals surface area contributed by atoms with Crippen LogP contribution in [0.5, 0.6) is 0 Å². The second kappa shape index (κ2) is 4.23. The van der Waals surface area contributed by atoms with Gasteiger partial charge in [0.1, 0.15) is 5.82 Å². The molecule has 0 amide bonds. The number of pyridine rings is 1. The minimum absolute atomic E-state index is 1.10. The third-order valence-electron chi connectivity index (χ3n) is 3.97. The van der Waals surface area contributed by atoms with Gasteiger partial charge in [-0.2, -0.15) is 4.52 Å². The molecule has 2 aromatic heterocycles. The van der Waals surface area contributed by atoms with Gasteiger partial charge in [0.05, 0.1) is 11.7 Å². The minimum atomic E-state index is 1.10. The summed E-state index contributed by atoms with van der Waals surface area (Å²) in [6.07, 6.45) is 5.73. The van der Waals surface area contributed by atoms with Crippen LogP contribution >= 0.6 is 0 Å². The van der Waals surface area contributed by atoms with Crippen LogP contribution in [-0.2, 0) is 0 Å². The van der Waals surface area contributed by atoms with Crippen molar-refractivity contribution in [2.75, 3.05) is 18.0 Å². The number of hydrogen-bond donors (Lipinski definition) is 0. The Bertz CT molecular complexity index is 725. The van der Waals surface area contributed by atoms with E-state index in [4.69, 9.17) is 0 Å². The van der Waals surface area contributed by atoms with Crippen LogP contribution in [0.25, 0.3) is 16.3 Å². The van der Waals surface area contributed by atoms with Crippen molar-refractivity contribution >= 4 is 22.1 Å². The van der Waals surface area contributed by atoms with E-state index in [2.05, 4.69) is 45.5 Å². The molecule has 4 nitrogen and oxygen atoms in total. The second-order valence-electron chi connectivity index (χ2n) is 5.17. The Kier molecular flexibility index (Phi) is 2.40. The highest BCUT2D eigenvalue weighted by Gasteiger charge is 2.16. The van der Waals surface area contributed by atoms with Gasteiger partial charge in [0, 0.05) is 18.5 Å². The quantitative estimate of drug-likeness (QED) is 0.667. The summed E-state index contributed by atoms with van der Waals surface area (Å²) >= 11 is 0. The van der Waals surface area contributed by atoms with Crippen LogP contribution in [0.15, 0.2) is 36.5 Å². The summed E-state index contributed by atoms with van der Waals surface area (Å²) in [4.78, 5) is 2.43. The Morgan fingerprint density at radius 3 is 2.74 bits per heavy atom. The molecule has 1 saturated heterocycles. The fourth-order valence-corrected chi connectivity index (χ4v) is 2.99. The molecule has 0 saturated carbocycles. The van der Waals surface area contributed by atoms with Gasteiger partial charge in [0.15, 0.2) is 0 Å². The van der Waals surface area contributed by atoms with Gasteiger partial charge in [-0.15, -0.1) is 5.10 Å². The molecular weight excluding hydrogens is 236 g/mol. The van der Waals surface area contributed by atoms with E-state index in [0.29, 0.717) is 0 Å². The number of piperidine rings is 1. The van der Waals surface area contributed by atoms with Crippen LogP contribution in [0.4, 0.5) is 5.82 Å². The van der Waals surface area contributed by atoms with Crippen molar-refractivity contribution in [1.82, 2.24) is 14.8 Å². The molecule has 0 radical (unpaired) electrons. The summed E-state index contributed by atoms with van der Waals surface area (Å²) in [5.74, 6) is 1.17. The standard InChI is InChI=1S/C15H16N4/c1-4-8-18(9-5-1)15-10-12-6-2-3-7-13(12)14-11-16-17-19(14)15/h2-3,6-7,10-11H,1,4-5,8-9H2.